The topological polar surface area (TPSA) is 83.4 Å². The number of amides is 3. The van der Waals surface area contributed by atoms with Crippen molar-refractivity contribution in [1.82, 2.24) is 20.3 Å². The molecule has 3 aromatic rings. The molecule has 3 unspecified atom stereocenters. The predicted octanol–water partition coefficient (Wildman–Crippen LogP) is 5.50. The van der Waals surface area contributed by atoms with Gasteiger partial charge in [-0.3, -0.25) is 25.2 Å². The van der Waals surface area contributed by atoms with Crippen molar-refractivity contribution in [2.45, 2.75) is 70.9 Å². The van der Waals surface area contributed by atoms with E-state index < -0.39 is 12.1 Å². The molecule has 1 aliphatic heterocycles. The average molecular weight is 553 g/mol. The maximum absolute atomic E-state index is 14.1. The number of hydrazine groups is 1. The third-order valence-electron chi connectivity index (χ3n) is 10.8. The van der Waals surface area contributed by atoms with Crippen molar-refractivity contribution in [3.8, 4) is 0 Å². The number of hydrogen-bond donors (Lipinski definition) is 2. The van der Waals surface area contributed by atoms with Crippen molar-refractivity contribution in [2.24, 2.45) is 36.1 Å². The minimum Gasteiger partial charge on any atom is -0.350 e. The van der Waals surface area contributed by atoms with Crippen LogP contribution in [0, 0.1) is 29.1 Å². The Bertz CT molecular complexity index is 1500. The van der Waals surface area contributed by atoms with Crippen molar-refractivity contribution in [1.29, 1.82) is 0 Å². The highest BCUT2D eigenvalue weighted by molar-refractivity contribution is 6.03. The Balaban J connectivity index is 1.21. The zero-order valence-electron chi connectivity index (χ0n) is 24.2. The van der Waals surface area contributed by atoms with Crippen LogP contribution in [0.1, 0.15) is 86.3 Å². The largest absolute Gasteiger partial charge is 0.350 e. The molecule has 2 aromatic carbocycles. The number of nitrogens with zero attached hydrogens (tertiary/aromatic N) is 2. The number of para-hydroxylation sites is 1. The van der Waals surface area contributed by atoms with Gasteiger partial charge in [0, 0.05) is 35.3 Å². The summed E-state index contributed by atoms with van der Waals surface area (Å²) in [6.45, 7) is 4.06. The third kappa shape index (κ3) is 4.11. The van der Waals surface area contributed by atoms with E-state index in [0.717, 1.165) is 41.3 Å². The van der Waals surface area contributed by atoms with Crippen LogP contribution in [0.2, 0.25) is 0 Å². The fraction of sp³-hybridized carbons (Fsp3) is 0.500. The van der Waals surface area contributed by atoms with Crippen LogP contribution in [0.3, 0.4) is 0 Å². The van der Waals surface area contributed by atoms with Gasteiger partial charge in [-0.25, -0.2) is 0 Å². The summed E-state index contributed by atoms with van der Waals surface area (Å²) in [5.74, 6) is 1.26. The molecule has 41 heavy (non-hydrogen) atoms. The Kier molecular flexibility index (Phi) is 6.25. The molecule has 3 atom stereocenters. The molecule has 7 nitrogen and oxygen atoms in total. The first-order chi connectivity index (χ1) is 19.8. The number of aryl methyl sites for hydroxylation is 1. The van der Waals surface area contributed by atoms with E-state index in [-0.39, 0.29) is 29.1 Å². The van der Waals surface area contributed by atoms with E-state index >= 15 is 0 Å². The van der Waals surface area contributed by atoms with Gasteiger partial charge in [0.25, 0.3) is 11.8 Å². The van der Waals surface area contributed by atoms with Crippen molar-refractivity contribution in [2.75, 3.05) is 0 Å². The van der Waals surface area contributed by atoms with Gasteiger partial charge in [-0.2, -0.15) is 0 Å². The second-order valence-electron chi connectivity index (χ2n) is 13.4. The van der Waals surface area contributed by atoms with Gasteiger partial charge in [-0.15, -0.1) is 0 Å². The van der Waals surface area contributed by atoms with E-state index in [4.69, 9.17) is 0 Å². The molecule has 214 valence electrons. The van der Waals surface area contributed by atoms with Gasteiger partial charge >= 0.3 is 0 Å². The first-order valence-corrected chi connectivity index (χ1v) is 15.4. The molecular formula is C34H40N4O3. The van der Waals surface area contributed by atoms with Crippen molar-refractivity contribution >= 4 is 28.6 Å². The summed E-state index contributed by atoms with van der Waals surface area (Å²) in [5.41, 5.74) is 8.94. The molecule has 1 aromatic heterocycles. The Labute approximate surface area is 241 Å². The lowest BCUT2D eigenvalue weighted by Crippen LogP contribution is -2.60. The van der Waals surface area contributed by atoms with Crippen molar-refractivity contribution < 1.29 is 14.4 Å². The van der Waals surface area contributed by atoms with E-state index in [1.54, 1.807) is 4.90 Å². The van der Waals surface area contributed by atoms with Gasteiger partial charge in [0.1, 0.15) is 6.04 Å². The number of aromatic nitrogens is 1. The zero-order valence-corrected chi connectivity index (χ0v) is 24.2. The summed E-state index contributed by atoms with van der Waals surface area (Å²) in [7, 11) is 2.01. The van der Waals surface area contributed by atoms with Crippen LogP contribution in [0.4, 0.5) is 0 Å². The average Bonchev–Trinajstić information content (AvgIpc) is 3.44. The van der Waals surface area contributed by atoms with Gasteiger partial charge < -0.3 is 9.47 Å². The third-order valence-corrected chi connectivity index (χ3v) is 10.8. The molecule has 7 heteroatoms. The molecule has 0 spiro atoms. The van der Waals surface area contributed by atoms with Crippen LogP contribution in [0.25, 0.3) is 10.9 Å². The highest BCUT2D eigenvalue weighted by Crippen LogP contribution is 2.60. The fourth-order valence-corrected chi connectivity index (χ4v) is 9.13. The van der Waals surface area contributed by atoms with Gasteiger partial charge in [-0.1, -0.05) is 56.7 Å². The van der Waals surface area contributed by atoms with Crippen molar-refractivity contribution in [3.05, 3.63) is 71.4 Å². The molecule has 4 saturated carbocycles. The molecule has 4 aliphatic carbocycles. The summed E-state index contributed by atoms with van der Waals surface area (Å²) in [6, 6.07) is 14.7. The first kappa shape index (κ1) is 26.3. The Morgan fingerprint density at radius 1 is 0.927 bits per heavy atom. The molecule has 4 bridgehead atoms. The summed E-state index contributed by atoms with van der Waals surface area (Å²) in [6.07, 6.45) is 9.34. The zero-order chi connectivity index (χ0) is 28.5. The molecule has 4 fully saturated rings. The SMILES string of the molecule is CCC(C)C(C(=O)NNC(=O)C12CC3CC(CC(C3)C1)C2)N1C(=O)c2ccccc2C1c1cn(C)c2ccccc12. The highest BCUT2D eigenvalue weighted by Gasteiger charge is 2.55. The summed E-state index contributed by atoms with van der Waals surface area (Å²) in [4.78, 5) is 43.6. The summed E-state index contributed by atoms with van der Waals surface area (Å²) < 4.78 is 2.08. The van der Waals surface area contributed by atoms with Crippen molar-refractivity contribution in [3.63, 3.8) is 0 Å². The number of hydrogen-bond acceptors (Lipinski definition) is 3. The molecule has 0 radical (unpaired) electrons. The van der Waals surface area contributed by atoms with Gasteiger partial charge in [0.05, 0.1) is 11.5 Å². The number of rotatable bonds is 6. The van der Waals surface area contributed by atoms with Crippen LogP contribution in [0.15, 0.2) is 54.7 Å². The second-order valence-corrected chi connectivity index (χ2v) is 13.4. The van der Waals surface area contributed by atoms with Gasteiger partial charge in [0.15, 0.2) is 0 Å². The fourth-order valence-electron chi connectivity index (χ4n) is 9.13. The Morgan fingerprint density at radius 3 is 2.24 bits per heavy atom. The van der Waals surface area contributed by atoms with E-state index in [2.05, 4.69) is 33.7 Å². The number of carbonyl (C=O) groups excluding carboxylic acids is 3. The Hall–Kier alpha value is -3.61. The molecule has 2 N–H and O–H groups in total. The van der Waals surface area contributed by atoms with E-state index in [9.17, 15) is 14.4 Å². The minimum atomic E-state index is -0.750. The lowest BCUT2D eigenvalue weighted by Gasteiger charge is -2.55. The number of carbonyl (C=O) groups is 3. The molecule has 3 amide bonds. The van der Waals surface area contributed by atoms with Crippen LogP contribution >= 0.6 is 0 Å². The first-order valence-electron chi connectivity index (χ1n) is 15.4. The predicted molar refractivity (Wildman–Crippen MR) is 158 cm³/mol. The molecule has 8 rings (SSSR count). The van der Waals surface area contributed by atoms with Crippen LogP contribution in [-0.2, 0) is 16.6 Å². The van der Waals surface area contributed by atoms with Crippen LogP contribution in [0.5, 0.6) is 0 Å². The molecule has 0 saturated heterocycles. The van der Waals surface area contributed by atoms with Crippen LogP contribution < -0.4 is 10.9 Å². The second kappa shape index (κ2) is 9.74. The smallest absolute Gasteiger partial charge is 0.261 e. The van der Waals surface area contributed by atoms with Gasteiger partial charge in [0.2, 0.25) is 5.91 Å². The lowest BCUT2D eigenvalue weighted by molar-refractivity contribution is -0.149. The Morgan fingerprint density at radius 2 is 1.56 bits per heavy atom. The quantitative estimate of drug-likeness (QED) is 0.396. The number of nitrogens with one attached hydrogen (secondary N) is 2. The normalized spacial score (nSPS) is 29.4. The lowest BCUT2D eigenvalue weighted by atomic mass is 9.49. The maximum atomic E-state index is 14.1. The highest BCUT2D eigenvalue weighted by atomic mass is 16.2. The summed E-state index contributed by atoms with van der Waals surface area (Å²) >= 11 is 0. The maximum Gasteiger partial charge on any atom is 0.261 e. The van der Waals surface area contributed by atoms with E-state index in [0.29, 0.717) is 29.7 Å². The number of fused-ring (bicyclic) bond motifs is 2. The number of benzene rings is 2. The minimum absolute atomic E-state index is 0.0468. The summed E-state index contributed by atoms with van der Waals surface area (Å²) in [5, 5.41) is 1.06. The molecular weight excluding hydrogens is 512 g/mol. The molecule has 5 aliphatic rings. The molecule has 2 heterocycles. The van der Waals surface area contributed by atoms with Gasteiger partial charge in [-0.05, 0) is 79.9 Å². The van der Waals surface area contributed by atoms with E-state index in [1.807, 2.05) is 57.3 Å². The van der Waals surface area contributed by atoms with Crippen LogP contribution in [-0.4, -0.2) is 33.2 Å². The van der Waals surface area contributed by atoms with E-state index in [1.165, 1.54) is 19.3 Å². The monoisotopic (exact) mass is 552 g/mol. The standard InChI is InChI=1S/C34H40N4O3/c1-4-20(2)29(31(39)35-36-33(41)34-16-21-13-22(17-34)15-23(14-21)18-34)38-30(25-10-5-6-11-26(25)32(38)40)27-19-37(3)28-12-8-7-9-24(27)28/h5-12,19-23,29-30H,4,13-18H2,1-3H3,(H,35,39)(H,36,41).